The molecule has 0 saturated carbocycles. The highest BCUT2D eigenvalue weighted by Gasteiger charge is 2.24. The van der Waals surface area contributed by atoms with Crippen LogP contribution in [0, 0.1) is 0 Å². The summed E-state index contributed by atoms with van der Waals surface area (Å²) in [5.74, 6) is 0.244. The van der Waals surface area contributed by atoms with Crippen LogP contribution in [-0.4, -0.2) is 32.1 Å². The van der Waals surface area contributed by atoms with E-state index >= 15 is 0 Å². The lowest BCUT2D eigenvalue weighted by molar-refractivity contribution is 0.0728. The molecule has 0 saturated heterocycles. The molecule has 6 heteroatoms. The van der Waals surface area contributed by atoms with Crippen molar-refractivity contribution < 1.29 is 4.79 Å². The second-order valence-electron chi connectivity index (χ2n) is 6.11. The molecular formula is C16H20N4O2. The van der Waals surface area contributed by atoms with Gasteiger partial charge in [-0.05, 0) is 29.5 Å². The maximum absolute atomic E-state index is 12.6. The smallest absolute Gasteiger partial charge is 0.274 e. The molecule has 0 atom stereocenters. The van der Waals surface area contributed by atoms with Crippen molar-refractivity contribution in [2.75, 3.05) is 6.54 Å². The van der Waals surface area contributed by atoms with Crippen molar-refractivity contribution in [1.29, 1.82) is 0 Å². The number of carbonyl (C=O) groups excluding carboxylic acids is 1. The number of nitrogens with one attached hydrogen (secondary N) is 1. The maximum Gasteiger partial charge on any atom is 0.274 e. The molecule has 1 amide bonds. The number of hydrogen-bond donors (Lipinski definition) is 1. The Morgan fingerprint density at radius 2 is 2.09 bits per heavy atom. The number of carbonyl (C=O) groups is 1. The lowest BCUT2D eigenvalue weighted by atomic mass is 10.0. The van der Waals surface area contributed by atoms with Gasteiger partial charge in [0.15, 0.2) is 0 Å². The summed E-state index contributed by atoms with van der Waals surface area (Å²) in [4.78, 5) is 26.0. The van der Waals surface area contributed by atoms with Crippen LogP contribution in [0.25, 0.3) is 0 Å². The zero-order chi connectivity index (χ0) is 15.9. The highest BCUT2D eigenvalue weighted by molar-refractivity contribution is 5.92. The predicted molar refractivity (Wildman–Crippen MR) is 82.8 cm³/mol. The quantitative estimate of drug-likeness (QED) is 0.912. The number of aromatic nitrogens is 3. The summed E-state index contributed by atoms with van der Waals surface area (Å²) in [7, 11) is 1.73. The largest absolute Gasteiger partial charge is 0.333 e. The zero-order valence-electron chi connectivity index (χ0n) is 13.1. The van der Waals surface area contributed by atoms with Crippen LogP contribution in [0.1, 0.15) is 47.1 Å². The second kappa shape index (κ2) is 5.44. The molecule has 116 valence electrons. The third-order valence-electron chi connectivity index (χ3n) is 4.15. The van der Waals surface area contributed by atoms with E-state index in [4.69, 9.17) is 0 Å². The van der Waals surface area contributed by atoms with Gasteiger partial charge in [-0.2, -0.15) is 5.10 Å². The summed E-state index contributed by atoms with van der Waals surface area (Å²) >= 11 is 0. The highest BCUT2D eigenvalue weighted by atomic mass is 16.2. The van der Waals surface area contributed by atoms with Gasteiger partial charge in [-0.15, -0.1) is 0 Å². The van der Waals surface area contributed by atoms with Crippen LogP contribution in [0.15, 0.2) is 23.1 Å². The normalized spacial score (nSPS) is 14.3. The first-order valence-corrected chi connectivity index (χ1v) is 7.48. The fraction of sp³-hybridized carbons (Fsp3) is 0.438. The van der Waals surface area contributed by atoms with E-state index in [0.29, 0.717) is 31.1 Å². The van der Waals surface area contributed by atoms with Gasteiger partial charge in [0.25, 0.3) is 11.5 Å². The first kappa shape index (κ1) is 14.6. The molecule has 0 unspecified atom stereocenters. The van der Waals surface area contributed by atoms with Crippen molar-refractivity contribution in [3.05, 3.63) is 51.2 Å². The van der Waals surface area contributed by atoms with Crippen LogP contribution < -0.4 is 5.56 Å². The van der Waals surface area contributed by atoms with Crippen molar-refractivity contribution in [3.63, 3.8) is 0 Å². The molecule has 0 aliphatic carbocycles. The molecule has 1 aliphatic rings. The molecule has 1 N–H and O–H groups in total. The molecule has 3 rings (SSSR count). The Hall–Kier alpha value is -2.37. The minimum atomic E-state index is -0.0670. The number of hydrogen-bond acceptors (Lipinski definition) is 3. The number of pyridine rings is 1. The molecule has 0 fully saturated rings. The lowest BCUT2D eigenvalue weighted by Crippen LogP contribution is -2.37. The first-order chi connectivity index (χ1) is 10.5. The van der Waals surface area contributed by atoms with Gasteiger partial charge in [0.2, 0.25) is 0 Å². The van der Waals surface area contributed by atoms with Gasteiger partial charge in [-0.25, -0.2) is 0 Å². The minimum absolute atomic E-state index is 0.00703. The fourth-order valence-electron chi connectivity index (χ4n) is 2.72. The highest BCUT2D eigenvalue weighted by Crippen LogP contribution is 2.20. The van der Waals surface area contributed by atoms with Crippen LogP contribution in [0.3, 0.4) is 0 Å². The van der Waals surface area contributed by atoms with Crippen molar-refractivity contribution in [1.82, 2.24) is 19.7 Å². The van der Waals surface area contributed by atoms with Gasteiger partial charge in [-0.1, -0.05) is 13.8 Å². The number of aromatic amines is 1. The zero-order valence-corrected chi connectivity index (χ0v) is 13.1. The van der Waals surface area contributed by atoms with Crippen LogP contribution in [-0.2, 0) is 20.0 Å². The second-order valence-corrected chi connectivity index (χ2v) is 6.11. The van der Waals surface area contributed by atoms with Gasteiger partial charge in [0.05, 0.1) is 0 Å². The summed E-state index contributed by atoms with van der Waals surface area (Å²) in [5.41, 5.74) is 3.48. The van der Waals surface area contributed by atoms with Crippen LogP contribution in [0.4, 0.5) is 0 Å². The van der Waals surface area contributed by atoms with Crippen molar-refractivity contribution in [3.8, 4) is 0 Å². The third kappa shape index (κ3) is 2.56. The lowest BCUT2D eigenvalue weighted by Gasteiger charge is -2.28. The SMILES string of the molecule is CC(C)c1cc(C(=O)N2CCc3cc(=O)n(C)cc3C2)n[nH]1. The Labute approximate surface area is 128 Å². The molecule has 3 heterocycles. The van der Waals surface area contributed by atoms with E-state index in [2.05, 4.69) is 24.0 Å². The number of fused-ring (bicyclic) bond motifs is 1. The van der Waals surface area contributed by atoms with E-state index in [1.807, 2.05) is 12.3 Å². The fourth-order valence-corrected chi connectivity index (χ4v) is 2.72. The number of amides is 1. The van der Waals surface area contributed by atoms with E-state index in [0.717, 1.165) is 16.8 Å². The predicted octanol–water partition coefficient (Wildman–Crippen LogP) is 1.43. The summed E-state index contributed by atoms with van der Waals surface area (Å²) in [6.45, 7) is 5.24. The van der Waals surface area contributed by atoms with E-state index in [-0.39, 0.29) is 11.5 Å². The number of rotatable bonds is 2. The Balaban J connectivity index is 1.82. The van der Waals surface area contributed by atoms with Gasteiger partial charge >= 0.3 is 0 Å². The Kier molecular flexibility index (Phi) is 3.60. The van der Waals surface area contributed by atoms with Crippen molar-refractivity contribution in [2.24, 2.45) is 7.05 Å². The van der Waals surface area contributed by atoms with E-state index < -0.39 is 0 Å². The van der Waals surface area contributed by atoms with Gasteiger partial charge in [0.1, 0.15) is 5.69 Å². The number of nitrogens with zero attached hydrogens (tertiary/aromatic N) is 3. The van der Waals surface area contributed by atoms with Gasteiger partial charge in [0, 0.05) is 38.1 Å². The maximum atomic E-state index is 12.6. The summed E-state index contributed by atoms with van der Waals surface area (Å²) in [5, 5.41) is 7.05. The molecular weight excluding hydrogens is 280 g/mol. The monoisotopic (exact) mass is 300 g/mol. The summed E-state index contributed by atoms with van der Waals surface area (Å²) in [6.07, 6.45) is 2.53. The molecule has 2 aromatic heterocycles. The Morgan fingerprint density at radius 3 is 2.77 bits per heavy atom. The molecule has 0 radical (unpaired) electrons. The van der Waals surface area contributed by atoms with Crippen molar-refractivity contribution in [2.45, 2.75) is 32.7 Å². The Bertz CT molecular complexity index is 773. The molecule has 0 spiro atoms. The molecule has 2 aromatic rings. The molecule has 0 aromatic carbocycles. The minimum Gasteiger partial charge on any atom is -0.333 e. The molecule has 1 aliphatic heterocycles. The van der Waals surface area contributed by atoms with Crippen LogP contribution >= 0.6 is 0 Å². The van der Waals surface area contributed by atoms with Crippen molar-refractivity contribution >= 4 is 5.91 Å². The van der Waals surface area contributed by atoms with E-state index in [9.17, 15) is 9.59 Å². The summed E-state index contributed by atoms with van der Waals surface area (Å²) in [6, 6.07) is 3.49. The van der Waals surface area contributed by atoms with Crippen LogP contribution in [0.2, 0.25) is 0 Å². The average Bonchev–Trinajstić information content (AvgIpc) is 2.97. The summed E-state index contributed by atoms with van der Waals surface area (Å²) < 4.78 is 1.55. The third-order valence-corrected chi connectivity index (χ3v) is 4.15. The molecule has 0 bridgehead atoms. The topological polar surface area (TPSA) is 71.0 Å². The Morgan fingerprint density at radius 1 is 1.32 bits per heavy atom. The van der Waals surface area contributed by atoms with Gasteiger partial charge < -0.3 is 9.47 Å². The first-order valence-electron chi connectivity index (χ1n) is 7.48. The van der Waals surface area contributed by atoms with E-state index in [1.54, 1.807) is 22.6 Å². The standard InChI is InChI=1S/C16H20N4O2/c1-10(2)13-7-14(18-17-13)16(22)20-5-4-11-6-15(21)19(3)8-12(11)9-20/h6-8,10H,4-5,9H2,1-3H3,(H,17,18). The number of H-pyrrole nitrogens is 1. The van der Waals surface area contributed by atoms with Crippen LogP contribution in [0.5, 0.6) is 0 Å². The van der Waals surface area contributed by atoms with E-state index in [1.165, 1.54) is 0 Å². The number of aryl methyl sites for hydroxylation is 1. The molecule has 22 heavy (non-hydrogen) atoms. The molecule has 6 nitrogen and oxygen atoms in total. The average molecular weight is 300 g/mol. The van der Waals surface area contributed by atoms with Gasteiger partial charge in [-0.3, -0.25) is 14.7 Å².